The number of benzene rings is 2. The summed E-state index contributed by atoms with van der Waals surface area (Å²) in [6, 6.07) is 9.26. The molecule has 19 heteroatoms. The minimum Gasteiger partial charge on any atom is -0.496 e. The third-order valence-electron chi connectivity index (χ3n) is 13.5. The average Bonchev–Trinajstić information content (AvgIpc) is 4.16. The van der Waals surface area contributed by atoms with Crippen molar-refractivity contribution in [1.82, 2.24) is 19.6 Å². The summed E-state index contributed by atoms with van der Waals surface area (Å²) in [6.07, 6.45) is 1.57. The molecule has 73 heavy (non-hydrogen) atoms. The largest absolute Gasteiger partial charge is 0.496 e. The molecule has 0 bridgehead atoms. The normalized spacial score (nSPS) is 20.5. The molecule has 1 saturated heterocycles. The quantitative estimate of drug-likeness (QED) is 0.0669. The molecule has 3 aliphatic rings. The first-order chi connectivity index (χ1) is 34.1. The smallest absolute Gasteiger partial charge is 0.362 e. The van der Waals surface area contributed by atoms with E-state index >= 15 is 0 Å². The van der Waals surface area contributed by atoms with Crippen LogP contribution < -0.4 is 33.8 Å². The molecule has 5 atom stereocenters. The number of nitrogens with one attached hydrogen (secondary N) is 2. The van der Waals surface area contributed by atoms with Crippen molar-refractivity contribution in [2.75, 3.05) is 34.0 Å². The van der Waals surface area contributed by atoms with Crippen LogP contribution in [0.4, 0.5) is 0 Å². The van der Waals surface area contributed by atoms with Gasteiger partial charge in [0.15, 0.2) is 17.1 Å². The van der Waals surface area contributed by atoms with Gasteiger partial charge in [-0.15, -0.1) is 6.58 Å². The van der Waals surface area contributed by atoms with E-state index in [0.29, 0.717) is 65.6 Å². The second-order valence-corrected chi connectivity index (χ2v) is 22.7. The maximum absolute atomic E-state index is 14.7. The Hall–Kier alpha value is -6.21. The average molecular weight is 1030 g/mol. The maximum Gasteiger partial charge on any atom is 0.362 e. The molecular formula is C54H72N4O14S. The molecule has 2 N–H and O–H groups in total. The number of ketones is 1. The molecule has 2 aliphatic carbocycles. The minimum atomic E-state index is -4.46. The number of H-pyrrole nitrogens is 1. The minimum absolute atomic E-state index is 0.00998. The predicted octanol–water partition coefficient (Wildman–Crippen LogP) is 8.02. The van der Waals surface area contributed by atoms with Gasteiger partial charge in [0, 0.05) is 46.9 Å². The van der Waals surface area contributed by atoms with E-state index in [1.54, 1.807) is 66.2 Å². The molecule has 3 fully saturated rings. The number of fused-ring (bicyclic) bond motifs is 2. The van der Waals surface area contributed by atoms with Crippen molar-refractivity contribution >= 4 is 55.7 Å². The molecule has 0 radical (unpaired) electrons. The number of ether oxygens (including phenoxy) is 6. The van der Waals surface area contributed by atoms with Crippen molar-refractivity contribution in [2.24, 2.45) is 22.7 Å². The van der Waals surface area contributed by atoms with Gasteiger partial charge in [0.2, 0.25) is 17.7 Å². The number of hydrogen-bond donors (Lipinski definition) is 2. The first-order valence-corrected chi connectivity index (χ1v) is 26.1. The van der Waals surface area contributed by atoms with Crippen LogP contribution in [0.3, 0.4) is 0 Å². The lowest BCUT2D eigenvalue weighted by Gasteiger charge is -2.35. The van der Waals surface area contributed by atoms with Gasteiger partial charge in [-0.3, -0.25) is 24.0 Å². The lowest BCUT2D eigenvalue weighted by atomic mass is 9.77. The van der Waals surface area contributed by atoms with Crippen molar-refractivity contribution in [3.05, 3.63) is 70.4 Å². The van der Waals surface area contributed by atoms with Gasteiger partial charge in [-0.05, 0) is 110 Å². The second kappa shape index (κ2) is 21.7. The van der Waals surface area contributed by atoms with Crippen molar-refractivity contribution in [1.29, 1.82) is 0 Å². The van der Waals surface area contributed by atoms with Gasteiger partial charge in [0.25, 0.3) is 0 Å². The van der Waals surface area contributed by atoms with Crippen LogP contribution in [0, 0.1) is 36.5 Å². The zero-order valence-corrected chi connectivity index (χ0v) is 45.3. The van der Waals surface area contributed by atoms with E-state index < -0.39 is 79.9 Å². The summed E-state index contributed by atoms with van der Waals surface area (Å²) in [6.45, 7) is 24.6. The number of pyridine rings is 2. The molecule has 2 saturated carbocycles. The van der Waals surface area contributed by atoms with E-state index in [9.17, 15) is 32.4 Å². The number of esters is 1. The standard InChI is InChI=1S/C41H57N3O11S.C13H15NO3/c1-12-25-21-41(25,37(48)43-56(49,50)55-40(10)16-17-40)22-30(45)29-18-26(23-44(29)36(47)28(38(4,5)6)19-34(46)54-39(7,8)9)53-32-20-33(52-13-2)42-35-24(3)31(51-11)15-14-27(32)35;1-4-17-12-7-10(15)9-5-6-11(16-3)8(2)13(9)14-12/h12,14-15,20,25-26,28-29H,1,13,16-19,21-23H2,2-11H3,(H,43,48);5-7H,4H2,1-3H3,(H,14,15)/t25-,26-,28-,29+,41-;/m1./s1. The Bertz CT molecular complexity index is 2930. The van der Waals surface area contributed by atoms with Crippen molar-refractivity contribution in [3.8, 4) is 29.0 Å². The fourth-order valence-electron chi connectivity index (χ4n) is 9.27. The Kier molecular flexibility index (Phi) is 16.7. The van der Waals surface area contributed by atoms with E-state index in [-0.39, 0.29) is 37.7 Å². The lowest BCUT2D eigenvalue weighted by molar-refractivity contribution is -0.161. The van der Waals surface area contributed by atoms with Crippen LogP contribution in [-0.2, 0) is 38.4 Å². The van der Waals surface area contributed by atoms with Crippen LogP contribution in [0.5, 0.6) is 29.0 Å². The van der Waals surface area contributed by atoms with Gasteiger partial charge in [0.1, 0.15) is 29.0 Å². The summed E-state index contributed by atoms with van der Waals surface area (Å²) in [7, 11) is -1.28. The Labute approximate surface area is 428 Å². The number of amides is 2. The highest BCUT2D eigenvalue weighted by Gasteiger charge is 2.61. The number of aromatic amines is 1. The highest BCUT2D eigenvalue weighted by Crippen LogP contribution is 2.57. The second-order valence-electron chi connectivity index (χ2n) is 21.4. The summed E-state index contributed by atoms with van der Waals surface area (Å²) in [5.74, 6) is -1.04. The topological polar surface area (TPSA) is 228 Å². The molecule has 0 unspecified atom stereocenters. The first kappa shape index (κ1) is 56.1. The predicted molar refractivity (Wildman–Crippen MR) is 275 cm³/mol. The number of Topliss-reactive ketones (excluding diaryl/α,β-unsaturated/α-hetero) is 1. The molecular weight excluding hydrogens is 961 g/mol. The molecule has 398 valence electrons. The van der Waals surface area contributed by atoms with Crippen molar-refractivity contribution in [3.63, 3.8) is 0 Å². The fraction of sp³-hybridized carbons (Fsp3) is 0.556. The number of carbonyl (C=O) groups is 4. The van der Waals surface area contributed by atoms with E-state index in [0.717, 1.165) is 22.4 Å². The summed E-state index contributed by atoms with van der Waals surface area (Å²) in [5.41, 5.74) is -0.781. The number of aryl methyl sites for hydroxylation is 2. The zero-order chi connectivity index (χ0) is 54.0. The van der Waals surface area contributed by atoms with Crippen molar-refractivity contribution < 1.29 is 60.2 Å². The van der Waals surface area contributed by atoms with Crippen LogP contribution in [-0.4, -0.2) is 104 Å². The van der Waals surface area contributed by atoms with Gasteiger partial charge in [-0.1, -0.05) is 26.8 Å². The van der Waals surface area contributed by atoms with Crippen LogP contribution in [0.2, 0.25) is 0 Å². The van der Waals surface area contributed by atoms with Gasteiger partial charge >= 0.3 is 16.3 Å². The number of hydrogen-bond acceptors (Lipinski definition) is 15. The highest BCUT2D eigenvalue weighted by molar-refractivity contribution is 7.85. The number of methoxy groups -OCH3 is 2. The number of likely N-dealkylation sites (tertiary alicyclic amines) is 1. The fourth-order valence-corrected chi connectivity index (χ4v) is 10.4. The number of allylic oxidation sites excluding steroid dienone is 1. The van der Waals surface area contributed by atoms with Gasteiger partial charge in [0.05, 0.1) is 74.4 Å². The van der Waals surface area contributed by atoms with Gasteiger partial charge in [-0.25, -0.2) is 13.9 Å². The van der Waals surface area contributed by atoms with E-state index in [2.05, 4.69) is 16.5 Å². The Morgan fingerprint density at radius 3 is 2.12 bits per heavy atom. The Balaban J connectivity index is 0.000000429. The third kappa shape index (κ3) is 13.1. The molecule has 2 amide bonds. The van der Waals surface area contributed by atoms with E-state index in [1.807, 2.05) is 59.3 Å². The van der Waals surface area contributed by atoms with E-state index in [1.165, 1.54) is 17.0 Å². The molecule has 0 spiro atoms. The molecule has 4 aromatic rings. The molecule has 18 nitrogen and oxygen atoms in total. The SMILES string of the molecule is C=C[C@@H]1C[C@]1(CC(=O)[C@@H]1C[C@@H](Oc2cc(OCC)nc3c(C)c(OC)ccc23)CN1C(=O)[C@@H](CC(=O)OC(C)(C)C)C(C)(C)C)C(=O)NS(=O)(=O)OC1(C)CC1.CCOc1cc(=O)c2ccc(OC)c(C)c2[nH]1. The van der Waals surface area contributed by atoms with Crippen LogP contribution in [0.1, 0.15) is 112 Å². The van der Waals surface area contributed by atoms with Crippen LogP contribution >= 0.6 is 0 Å². The number of rotatable bonds is 19. The van der Waals surface area contributed by atoms with Crippen LogP contribution in [0.15, 0.2) is 53.8 Å². The highest BCUT2D eigenvalue weighted by atomic mass is 32.2. The van der Waals surface area contributed by atoms with Crippen molar-refractivity contribution in [2.45, 2.75) is 138 Å². The molecule has 1 aliphatic heterocycles. The molecule has 3 heterocycles. The lowest BCUT2D eigenvalue weighted by Crippen LogP contribution is -2.49. The zero-order valence-electron chi connectivity index (χ0n) is 44.4. The monoisotopic (exact) mass is 1030 g/mol. The number of aromatic nitrogens is 2. The Morgan fingerprint density at radius 1 is 0.932 bits per heavy atom. The molecule has 2 aromatic heterocycles. The first-order valence-electron chi connectivity index (χ1n) is 24.7. The maximum atomic E-state index is 14.7. The molecule has 7 rings (SSSR count). The Morgan fingerprint density at radius 2 is 1.56 bits per heavy atom. The summed E-state index contributed by atoms with van der Waals surface area (Å²) in [4.78, 5) is 77.2. The van der Waals surface area contributed by atoms with Gasteiger partial charge in [-0.2, -0.15) is 8.42 Å². The summed E-state index contributed by atoms with van der Waals surface area (Å²) < 4.78 is 67.0. The van der Waals surface area contributed by atoms with Crippen LogP contribution in [0.25, 0.3) is 21.8 Å². The summed E-state index contributed by atoms with van der Waals surface area (Å²) in [5, 5.41) is 1.31. The molecule has 2 aromatic carbocycles. The number of carbonyl (C=O) groups excluding carboxylic acids is 4. The third-order valence-corrected chi connectivity index (χ3v) is 14.6. The van der Waals surface area contributed by atoms with Gasteiger partial charge < -0.3 is 38.3 Å². The summed E-state index contributed by atoms with van der Waals surface area (Å²) >= 11 is 0. The number of nitrogens with zero attached hydrogens (tertiary/aromatic N) is 2. The van der Waals surface area contributed by atoms with E-state index in [4.69, 9.17) is 32.6 Å².